The summed E-state index contributed by atoms with van der Waals surface area (Å²) < 4.78 is 2.47. The Morgan fingerprint density at radius 2 is 1.75 bits per heavy atom. The minimum absolute atomic E-state index is 0.601. The summed E-state index contributed by atoms with van der Waals surface area (Å²) in [4.78, 5) is 0. The van der Waals surface area contributed by atoms with Crippen molar-refractivity contribution in [3.05, 3.63) is 35.9 Å². The molecule has 66 valence electrons. The third kappa shape index (κ3) is 2.79. The van der Waals surface area contributed by atoms with Crippen LogP contribution in [0.1, 0.15) is 5.56 Å². The van der Waals surface area contributed by atoms with Gasteiger partial charge >= 0.3 is 0 Å². The van der Waals surface area contributed by atoms with E-state index in [1.54, 1.807) is 0 Å². The van der Waals surface area contributed by atoms with Gasteiger partial charge in [-0.3, -0.25) is 0 Å². The molecule has 12 heavy (non-hydrogen) atoms. The van der Waals surface area contributed by atoms with Gasteiger partial charge in [0.2, 0.25) is 0 Å². The molecule has 0 saturated heterocycles. The molecule has 0 spiro atoms. The number of nitrogens with zero attached hydrogens (tertiary/aromatic N) is 1. The third-order valence-corrected chi connectivity index (χ3v) is 4.10. The molecule has 1 aromatic carbocycles. The van der Waals surface area contributed by atoms with Crippen LogP contribution in [0, 0.1) is 0 Å². The average molecular weight is 179 g/mol. The highest BCUT2D eigenvalue weighted by Gasteiger charge is 2.03. The van der Waals surface area contributed by atoms with Gasteiger partial charge in [0.1, 0.15) is 8.96 Å². The van der Waals surface area contributed by atoms with Crippen molar-refractivity contribution >= 4 is 8.96 Å². The van der Waals surface area contributed by atoms with Gasteiger partial charge in [0.25, 0.3) is 0 Å². The number of rotatable bonds is 3. The summed E-state index contributed by atoms with van der Waals surface area (Å²) in [7, 11) is 1.61. The summed E-state index contributed by atoms with van der Waals surface area (Å²) in [6.07, 6.45) is 0. The van der Waals surface area contributed by atoms with E-state index >= 15 is 0 Å². The largest absolute Gasteiger partial charge is 0.325 e. The predicted molar refractivity (Wildman–Crippen MR) is 56.8 cm³/mol. The van der Waals surface area contributed by atoms with Crippen LogP contribution in [0.2, 0.25) is 13.1 Å². The topological polar surface area (TPSA) is 3.24 Å². The highest BCUT2D eigenvalue weighted by Crippen LogP contribution is 2.03. The second-order valence-electron chi connectivity index (χ2n) is 3.49. The minimum Gasteiger partial charge on any atom is -0.325 e. The molecule has 0 amide bonds. The summed E-state index contributed by atoms with van der Waals surface area (Å²) in [5.41, 5.74) is 1.42. The van der Waals surface area contributed by atoms with Crippen molar-refractivity contribution in [1.29, 1.82) is 0 Å². The van der Waals surface area contributed by atoms with Crippen molar-refractivity contribution in [2.45, 2.75) is 19.6 Å². The van der Waals surface area contributed by atoms with E-state index in [4.69, 9.17) is 0 Å². The molecular formula is C10H17NSi. The van der Waals surface area contributed by atoms with E-state index in [1.165, 1.54) is 5.56 Å². The van der Waals surface area contributed by atoms with Crippen LogP contribution in [0.25, 0.3) is 0 Å². The molecule has 0 N–H and O–H groups in total. The molecule has 1 rings (SSSR count). The fourth-order valence-corrected chi connectivity index (χ4v) is 1.63. The van der Waals surface area contributed by atoms with Gasteiger partial charge in [-0.2, -0.15) is 0 Å². The first-order valence-electron chi connectivity index (χ1n) is 4.44. The molecule has 0 fully saturated rings. The van der Waals surface area contributed by atoms with Crippen LogP contribution >= 0.6 is 0 Å². The summed E-state index contributed by atoms with van der Waals surface area (Å²) in [6.45, 7) is 5.80. The maximum absolute atomic E-state index is 2.47. The Morgan fingerprint density at radius 3 is 2.25 bits per heavy atom. The van der Waals surface area contributed by atoms with E-state index in [9.17, 15) is 0 Å². The van der Waals surface area contributed by atoms with Crippen LogP contribution in [0.3, 0.4) is 0 Å². The molecular weight excluding hydrogens is 162 g/mol. The predicted octanol–water partition coefficient (Wildman–Crippen LogP) is 2.10. The minimum atomic E-state index is -0.601. The third-order valence-electron chi connectivity index (χ3n) is 2.16. The Kier molecular flexibility index (Phi) is 3.50. The van der Waals surface area contributed by atoms with Crippen LogP contribution in [-0.4, -0.2) is 20.6 Å². The molecule has 0 heterocycles. The molecule has 0 aliphatic carbocycles. The zero-order chi connectivity index (χ0) is 8.97. The molecule has 0 unspecified atom stereocenters. The summed E-state index contributed by atoms with van der Waals surface area (Å²) in [5, 5.41) is 0. The van der Waals surface area contributed by atoms with Crippen LogP contribution in [0.15, 0.2) is 30.3 Å². The van der Waals surface area contributed by atoms with E-state index in [1.807, 2.05) is 0 Å². The monoisotopic (exact) mass is 179 g/mol. The SMILES string of the molecule is CN(Cc1ccccc1)[SiH](C)C. The Hall–Kier alpha value is -0.603. The number of hydrogen-bond acceptors (Lipinski definition) is 1. The summed E-state index contributed by atoms with van der Waals surface area (Å²) in [6, 6.07) is 10.6. The van der Waals surface area contributed by atoms with Crippen molar-refractivity contribution in [3.63, 3.8) is 0 Å². The Labute approximate surface area is 76.7 Å². The van der Waals surface area contributed by atoms with Crippen LogP contribution < -0.4 is 0 Å². The van der Waals surface area contributed by atoms with Gasteiger partial charge in [-0.25, -0.2) is 0 Å². The second-order valence-corrected chi connectivity index (χ2v) is 6.56. The number of benzene rings is 1. The molecule has 0 bridgehead atoms. The van der Waals surface area contributed by atoms with Gasteiger partial charge in [0, 0.05) is 6.54 Å². The van der Waals surface area contributed by atoms with Gasteiger partial charge in [0.05, 0.1) is 0 Å². The summed E-state index contributed by atoms with van der Waals surface area (Å²) in [5.74, 6) is 0. The van der Waals surface area contributed by atoms with E-state index in [0.29, 0.717) is 0 Å². The maximum Gasteiger partial charge on any atom is 0.105 e. The zero-order valence-electron chi connectivity index (χ0n) is 8.12. The second kappa shape index (κ2) is 4.43. The van der Waals surface area contributed by atoms with Crippen molar-refractivity contribution in [1.82, 2.24) is 4.57 Å². The van der Waals surface area contributed by atoms with Crippen LogP contribution in [0.5, 0.6) is 0 Å². The smallest absolute Gasteiger partial charge is 0.105 e. The van der Waals surface area contributed by atoms with E-state index < -0.39 is 8.96 Å². The number of hydrogen-bond donors (Lipinski definition) is 0. The van der Waals surface area contributed by atoms with Crippen LogP contribution in [-0.2, 0) is 6.54 Å². The van der Waals surface area contributed by atoms with Gasteiger partial charge in [-0.15, -0.1) is 0 Å². The maximum atomic E-state index is 2.47. The Balaban J connectivity index is 2.53. The molecule has 0 atom stereocenters. The molecule has 2 heteroatoms. The fourth-order valence-electron chi connectivity index (χ4n) is 1.05. The molecule has 0 aliphatic rings. The van der Waals surface area contributed by atoms with Gasteiger partial charge in [-0.05, 0) is 12.6 Å². The van der Waals surface area contributed by atoms with Crippen molar-refractivity contribution in [3.8, 4) is 0 Å². The molecule has 0 radical (unpaired) electrons. The normalized spacial score (nSPS) is 11.1. The van der Waals surface area contributed by atoms with E-state index in [0.717, 1.165) is 6.54 Å². The molecule has 1 aromatic rings. The first-order chi connectivity index (χ1) is 5.70. The van der Waals surface area contributed by atoms with Crippen LogP contribution in [0.4, 0.5) is 0 Å². The fraction of sp³-hybridized carbons (Fsp3) is 0.400. The Bertz CT molecular complexity index is 221. The quantitative estimate of drug-likeness (QED) is 0.642. The van der Waals surface area contributed by atoms with E-state index in [2.05, 4.69) is 55.0 Å². The van der Waals surface area contributed by atoms with Crippen molar-refractivity contribution in [2.75, 3.05) is 7.05 Å². The van der Waals surface area contributed by atoms with Gasteiger partial charge < -0.3 is 4.57 Å². The lowest BCUT2D eigenvalue weighted by Crippen LogP contribution is -2.29. The lowest BCUT2D eigenvalue weighted by molar-refractivity contribution is 0.520. The standard InChI is InChI=1S/C10H17NSi/c1-11(12(2)3)9-10-7-5-4-6-8-10/h4-8,12H,9H2,1-3H3. The van der Waals surface area contributed by atoms with Gasteiger partial charge in [0.15, 0.2) is 0 Å². The van der Waals surface area contributed by atoms with Crippen molar-refractivity contribution in [2.24, 2.45) is 0 Å². The lowest BCUT2D eigenvalue weighted by Gasteiger charge is -2.19. The Morgan fingerprint density at radius 1 is 1.17 bits per heavy atom. The molecule has 0 aliphatic heterocycles. The molecule has 0 aromatic heterocycles. The van der Waals surface area contributed by atoms with Gasteiger partial charge in [-0.1, -0.05) is 43.4 Å². The average Bonchev–Trinajstić information content (AvgIpc) is 2.06. The highest BCUT2D eigenvalue weighted by atomic mass is 28.3. The first kappa shape index (κ1) is 9.48. The lowest BCUT2D eigenvalue weighted by atomic mass is 10.2. The first-order valence-corrected chi connectivity index (χ1v) is 7.27. The molecule has 1 nitrogen and oxygen atoms in total. The van der Waals surface area contributed by atoms with Crippen molar-refractivity contribution < 1.29 is 0 Å². The highest BCUT2D eigenvalue weighted by molar-refractivity contribution is 6.52. The molecule has 0 saturated carbocycles. The van der Waals surface area contributed by atoms with E-state index in [-0.39, 0.29) is 0 Å². The zero-order valence-corrected chi connectivity index (χ0v) is 9.27. The summed E-state index contributed by atoms with van der Waals surface area (Å²) >= 11 is 0.